The Morgan fingerprint density at radius 2 is 2.20 bits per heavy atom. The summed E-state index contributed by atoms with van der Waals surface area (Å²) in [6, 6.07) is 12.2. The molecule has 0 N–H and O–H groups in total. The van der Waals surface area contributed by atoms with Crippen molar-refractivity contribution in [3.05, 3.63) is 70.0 Å². The Bertz CT molecular complexity index is 664. The van der Waals surface area contributed by atoms with Crippen LogP contribution in [0.3, 0.4) is 0 Å². The lowest BCUT2D eigenvalue weighted by Gasteiger charge is -2.21. The van der Waals surface area contributed by atoms with Gasteiger partial charge in [0.05, 0.1) is 16.4 Å². The molecule has 0 saturated carbocycles. The smallest absolute Gasteiger partial charge is 0.264 e. The van der Waals surface area contributed by atoms with Gasteiger partial charge in [-0.3, -0.25) is 15.1 Å². The maximum Gasteiger partial charge on any atom is 0.269 e. The summed E-state index contributed by atoms with van der Waals surface area (Å²) < 4.78 is 0. The number of nitriles is 1. The fourth-order valence-electron chi connectivity index (χ4n) is 2.08. The van der Waals surface area contributed by atoms with Crippen LogP contribution in [-0.4, -0.2) is 9.91 Å². The van der Waals surface area contributed by atoms with Crippen LogP contribution in [0.5, 0.6) is 0 Å². The van der Waals surface area contributed by atoms with E-state index in [1.54, 1.807) is 37.5 Å². The van der Waals surface area contributed by atoms with Gasteiger partial charge in [0.1, 0.15) is 0 Å². The maximum absolute atomic E-state index is 10.8. The molecule has 2 aromatic rings. The van der Waals surface area contributed by atoms with Crippen molar-refractivity contribution < 1.29 is 4.92 Å². The van der Waals surface area contributed by atoms with Crippen molar-refractivity contribution >= 4 is 5.69 Å². The van der Waals surface area contributed by atoms with Gasteiger partial charge < -0.3 is 0 Å². The minimum Gasteiger partial charge on any atom is -0.264 e. The van der Waals surface area contributed by atoms with Gasteiger partial charge in [0.25, 0.3) is 5.69 Å². The van der Waals surface area contributed by atoms with Gasteiger partial charge in [0.2, 0.25) is 0 Å². The molecule has 1 atom stereocenters. The molecule has 100 valence electrons. The van der Waals surface area contributed by atoms with E-state index in [9.17, 15) is 15.4 Å². The highest BCUT2D eigenvalue weighted by atomic mass is 16.6. The van der Waals surface area contributed by atoms with E-state index < -0.39 is 10.3 Å². The molecule has 0 spiro atoms. The molecule has 1 heterocycles. The molecule has 5 heteroatoms. The van der Waals surface area contributed by atoms with Gasteiger partial charge in [-0.2, -0.15) is 5.26 Å². The van der Waals surface area contributed by atoms with Crippen molar-refractivity contribution in [1.82, 2.24) is 4.98 Å². The number of nitro groups is 1. The Morgan fingerprint density at radius 1 is 1.40 bits per heavy atom. The minimum atomic E-state index is -0.824. The molecule has 20 heavy (non-hydrogen) atoms. The number of hydrogen-bond acceptors (Lipinski definition) is 4. The van der Waals surface area contributed by atoms with Crippen molar-refractivity contribution in [3.8, 4) is 6.07 Å². The van der Waals surface area contributed by atoms with E-state index >= 15 is 0 Å². The molecule has 0 saturated heterocycles. The molecule has 0 aliphatic carbocycles. The van der Waals surface area contributed by atoms with Crippen LogP contribution in [0.15, 0.2) is 48.8 Å². The molecule has 0 bridgehead atoms. The molecular formula is C15H13N3O2. The minimum absolute atomic E-state index is 0.00448. The molecule has 2 rings (SSSR count). The van der Waals surface area contributed by atoms with Crippen molar-refractivity contribution in [2.24, 2.45) is 0 Å². The normalized spacial score (nSPS) is 13.2. The topological polar surface area (TPSA) is 79.8 Å². The third-order valence-electron chi connectivity index (χ3n) is 3.22. The van der Waals surface area contributed by atoms with Crippen LogP contribution < -0.4 is 0 Å². The van der Waals surface area contributed by atoms with Gasteiger partial charge in [0, 0.05) is 24.5 Å². The third kappa shape index (κ3) is 2.81. The van der Waals surface area contributed by atoms with Gasteiger partial charge in [-0.15, -0.1) is 0 Å². The van der Waals surface area contributed by atoms with Crippen LogP contribution in [0, 0.1) is 21.4 Å². The van der Waals surface area contributed by atoms with E-state index in [0.29, 0.717) is 12.0 Å². The van der Waals surface area contributed by atoms with Crippen LogP contribution in [-0.2, 0) is 11.8 Å². The largest absolute Gasteiger partial charge is 0.269 e. The van der Waals surface area contributed by atoms with Gasteiger partial charge in [0.15, 0.2) is 0 Å². The second-order valence-corrected chi connectivity index (χ2v) is 4.79. The summed E-state index contributed by atoms with van der Waals surface area (Å²) in [4.78, 5) is 14.4. The predicted octanol–water partition coefficient (Wildman–Crippen LogP) is 3.01. The average molecular weight is 267 g/mol. The standard InChI is InChI=1S/C15H13N3O2/c1-15(11-16,9-12-4-3-7-17-10-12)13-5-2-6-14(8-13)18(19)20/h2-8,10H,9H2,1H3. The molecular weight excluding hydrogens is 254 g/mol. The summed E-state index contributed by atoms with van der Waals surface area (Å²) in [7, 11) is 0. The van der Waals surface area contributed by atoms with Gasteiger partial charge >= 0.3 is 0 Å². The van der Waals surface area contributed by atoms with Crippen molar-refractivity contribution in [1.29, 1.82) is 5.26 Å². The number of benzene rings is 1. The molecule has 0 amide bonds. The number of non-ortho nitro benzene ring substituents is 1. The first-order valence-electron chi connectivity index (χ1n) is 6.10. The van der Waals surface area contributed by atoms with Gasteiger partial charge in [-0.1, -0.05) is 18.2 Å². The van der Waals surface area contributed by atoms with E-state index in [1.807, 2.05) is 6.07 Å². The molecule has 1 aromatic carbocycles. The highest BCUT2D eigenvalue weighted by molar-refractivity contribution is 5.42. The first-order chi connectivity index (χ1) is 9.55. The molecule has 1 aromatic heterocycles. The summed E-state index contributed by atoms with van der Waals surface area (Å²) in [5.74, 6) is 0. The summed E-state index contributed by atoms with van der Waals surface area (Å²) >= 11 is 0. The van der Waals surface area contributed by atoms with Gasteiger partial charge in [-0.25, -0.2) is 0 Å². The Kier molecular flexibility index (Phi) is 3.76. The number of pyridine rings is 1. The predicted molar refractivity (Wildman–Crippen MR) is 74.0 cm³/mol. The zero-order valence-corrected chi connectivity index (χ0v) is 11.0. The highest BCUT2D eigenvalue weighted by Gasteiger charge is 2.28. The summed E-state index contributed by atoms with van der Waals surface area (Å²) in [5, 5.41) is 20.3. The van der Waals surface area contributed by atoms with Crippen molar-refractivity contribution in [2.45, 2.75) is 18.8 Å². The Hall–Kier alpha value is -2.74. The summed E-state index contributed by atoms with van der Waals surface area (Å²) in [6.07, 6.45) is 3.83. The Morgan fingerprint density at radius 3 is 2.80 bits per heavy atom. The van der Waals surface area contributed by atoms with E-state index in [1.165, 1.54) is 12.1 Å². The zero-order chi connectivity index (χ0) is 14.6. The number of nitrogens with zero attached hydrogens (tertiary/aromatic N) is 3. The second-order valence-electron chi connectivity index (χ2n) is 4.79. The Balaban J connectivity index is 2.38. The average Bonchev–Trinajstić information content (AvgIpc) is 2.48. The van der Waals surface area contributed by atoms with E-state index in [-0.39, 0.29) is 5.69 Å². The summed E-state index contributed by atoms with van der Waals surface area (Å²) in [6.45, 7) is 1.78. The number of hydrogen-bond donors (Lipinski definition) is 0. The summed E-state index contributed by atoms with van der Waals surface area (Å²) in [5.41, 5.74) is 0.728. The van der Waals surface area contributed by atoms with Crippen LogP contribution in [0.2, 0.25) is 0 Å². The number of aromatic nitrogens is 1. The van der Waals surface area contributed by atoms with Gasteiger partial charge in [-0.05, 0) is 30.5 Å². The lowest BCUT2D eigenvalue weighted by molar-refractivity contribution is -0.384. The number of rotatable bonds is 4. The fourth-order valence-corrected chi connectivity index (χ4v) is 2.08. The molecule has 0 radical (unpaired) electrons. The van der Waals surface area contributed by atoms with Crippen LogP contribution in [0.1, 0.15) is 18.1 Å². The molecule has 0 aliphatic rings. The van der Waals surface area contributed by atoms with E-state index in [4.69, 9.17) is 0 Å². The fraction of sp³-hybridized carbons (Fsp3) is 0.200. The second kappa shape index (κ2) is 5.49. The highest BCUT2D eigenvalue weighted by Crippen LogP contribution is 2.29. The van der Waals surface area contributed by atoms with Crippen LogP contribution in [0.4, 0.5) is 5.69 Å². The van der Waals surface area contributed by atoms with Crippen molar-refractivity contribution in [3.63, 3.8) is 0 Å². The SMILES string of the molecule is CC(C#N)(Cc1cccnc1)c1cccc([N+](=O)[O-])c1. The lowest BCUT2D eigenvalue weighted by Crippen LogP contribution is -2.23. The molecule has 1 unspecified atom stereocenters. The maximum atomic E-state index is 10.8. The van der Waals surface area contributed by atoms with Crippen LogP contribution >= 0.6 is 0 Å². The van der Waals surface area contributed by atoms with E-state index in [0.717, 1.165) is 5.56 Å². The van der Waals surface area contributed by atoms with Crippen LogP contribution in [0.25, 0.3) is 0 Å². The molecule has 0 aliphatic heterocycles. The molecule has 0 fully saturated rings. The quantitative estimate of drug-likeness (QED) is 0.630. The third-order valence-corrected chi connectivity index (χ3v) is 3.22. The number of nitro benzene ring substituents is 1. The first-order valence-corrected chi connectivity index (χ1v) is 6.10. The van der Waals surface area contributed by atoms with Crippen molar-refractivity contribution in [2.75, 3.05) is 0 Å². The molecule has 5 nitrogen and oxygen atoms in total. The first kappa shape index (κ1) is 13.7. The monoisotopic (exact) mass is 267 g/mol. The Labute approximate surface area is 116 Å². The zero-order valence-electron chi connectivity index (χ0n) is 11.0. The lowest BCUT2D eigenvalue weighted by atomic mass is 9.79. The van der Waals surface area contributed by atoms with E-state index in [2.05, 4.69) is 11.1 Å².